The van der Waals surface area contributed by atoms with Gasteiger partial charge in [-0.2, -0.15) is 4.98 Å². The Morgan fingerprint density at radius 2 is 2.35 bits per heavy atom. The van der Waals surface area contributed by atoms with Gasteiger partial charge in [-0.05, 0) is 10.4 Å². The van der Waals surface area contributed by atoms with Gasteiger partial charge in [0.25, 0.3) is 0 Å². The molecule has 92 valence electrons. The van der Waals surface area contributed by atoms with E-state index in [2.05, 4.69) is 25.7 Å². The zero-order valence-corrected chi connectivity index (χ0v) is 10.1. The largest absolute Gasteiger partial charge is 0.394 e. The van der Waals surface area contributed by atoms with Crippen molar-refractivity contribution in [3.05, 3.63) is 11.7 Å². The summed E-state index contributed by atoms with van der Waals surface area (Å²) in [6, 6.07) is 0. The molecule has 2 rings (SSSR count). The Balaban J connectivity index is 1.94. The van der Waals surface area contributed by atoms with Crippen molar-refractivity contribution in [2.75, 3.05) is 6.61 Å². The molecule has 2 aromatic rings. The number of tetrazole rings is 1. The molecule has 0 saturated heterocycles. The van der Waals surface area contributed by atoms with Gasteiger partial charge in [-0.25, -0.2) is 4.68 Å². The summed E-state index contributed by atoms with van der Waals surface area (Å²) >= 11 is 1.40. The molecule has 0 aliphatic rings. The minimum atomic E-state index is 0.000787. The Kier molecular flexibility index (Phi) is 4.04. The second kappa shape index (κ2) is 5.73. The highest BCUT2D eigenvalue weighted by Gasteiger charge is 2.09. The lowest BCUT2D eigenvalue weighted by Gasteiger charge is -1.99. The summed E-state index contributed by atoms with van der Waals surface area (Å²) in [7, 11) is 0. The average Bonchev–Trinajstić information content (AvgIpc) is 2.95. The van der Waals surface area contributed by atoms with Gasteiger partial charge in [0.05, 0.1) is 18.9 Å². The van der Waals surface area contributed by atoms with Gasteiger partial charge in [0.1, 0.15) is 0 Å². The van der Waals surface area contributed by atoms with Gasteiger partial charge in [-0.15, -0.1) is 5.10 Å². The summed E-state index contributed by atoms with van der Waals surface area (Å²) in [5.74, 6) is 1.77. The molecule has 0 saturated carbocycles. The minimum Gasteiger partial charge on any atom is -0.394 e. The average molecular weight is 256 g/mol. The van der Waals surface area contributed by atoms with Crippen LogP contribution in [-0.4, -0.2) is 42.1 Å². The fraction of sp³-hybridized carbons (Fsp3) is 0.625. The molecule has 2 heterocycles. The molecule has 17 heavy (non-hydrogen) atoms. The Bertz CT molecular complexity index is 470. The molecule has 9 heteroatoms. The SMILES string of the molecule is CCc1nc(CSc2nnnn2CCO)no1. The number of nitrogens with zero attached hydrogens (tertiary/aromatic N) is 6. The molecule has 1 N–H and O–H groups in total. The number of aliphatic hydroxyl groups excluding tert-OH is 1. The zero-order valence-electron chi connectivity index (χ0n) is 9.28. The van der Waals surface area contributed by atoms with Gasteiger partial charge in [-0.1, -0.05) is 23.8 Å². The number of aliphatic hydroxyl groups is 1. The van der Waals surface area contributed by atoms with Crippen LogP contribution < -0.4 is 0 Å². The second-order valence-electron chi connectivity index (χ2n) is 3.15. The van der Waals surface area contributed by atoms with Crippen LogP contribution in [0.2, 0.25) is 0 Å². The summed E-state index contributed by atoms with van der Waals surface area (Å²) < 4.78 is 6.52. The third-order valence-electron chi connectivity index (χ3n) is 1.95. The molecule has 0 atom stereocenters. The van der Waals surface area contributed by atoms with E-state index in [0.29, 0.717) is 29.2 Å². The van der Waals surface area contributed by atoms with Crippen LogP contribution in [0, 0.1) is 0 Å². The lowest BCUT2D eigenvalue weighted by Crippen LogP contribution is -2.05. The molecule has 0 aromatic carbocycles. The van der Waals surface area contributed by atoms with Crippen LogP contribution in [0.15, 0.2) is 9.68 Å². The fourth-order valence-electron chi connectivity index (χ4n) is 1.16. The van der Waals surface area contributed by atoms with Gasteiger partial charge < -0.3 is 9.63 Å². The Morgan fingerprint density at radius 1 is 1.47 bits per heavy atom. The molecule has 0 radical (unpaired) electrons. The quantitative estimate of drug-likeness (QED) is 0.715. The van der Waals surface area contributed by atoms with Crippen molar-refractivity contribution in [1.82, 2.24) is 30.3 Å². The maximum atomic E-state index is 8.82. The van der Waals surface area contributed by atoms with Gasteiger partial charge in [0.15, 0.2) is 5.82 Å². The maximum absolute atomic E-state index is 8.82. The van der Waals surface area contributed by atoms with E-state index in [4.69, 9.17) is 9.63 Å². The number of hydrogen-bond acceptors (Lipinski definition) is 8. The highest BCUT2D eigenvalue weighted by atomic mass is 32.2. The van der Waals surface area contributed by atoms with Crippen molar-refractivity contribution in [3.8, 4) is 0 Å². The van der Waals surface area contributed by atoms with E-state index in [1.54, 1.807) is 0 Å². The van der Waals surface area contributed by atoms with Crippen molar-refractivity contribution in [3.63, 3.8) is 0 Å². The summed E-state index contributed by atoms with van der Waals surface area (Å²) in [5.41, 5.74) is 0. The Morgan fingerprint density at radius 3 is 3.06 bits per heavy atom. The molecule has 0 unspecified atom stereocenters. The fourth-order valence-corrected chi connectivity index (χ4v) is 1.90. The van der Waals surface area contributed by atoms with E-state index < -0.39 is 0 Å². The molecule has 0 spiro atoms. The highest BCUT2D eigenvalue weighted by molar-refractivity contribution is 7.98. The van der Waals surface area contributed by atoms with E-state index in [0.717, 1.165) is 6.42 Å². The molecular formula is C8H12N6O2S. The van der Waals surface area contributed by atoms with Crippen molar-refractivity contribution >= 4 is 11.8 Å². The molecule has 2 aromatic heterocycles. The van der Waals surface area contributed by atoms with Crippen molar-refractivity contribution in [1.29, 1.82) is 0 Å². The summed E-state index contributed by atoms with van der Waals surface area (Å²) in [6.07, 6.45) is 0.722. The van der Waals surface area contributed by atoms with Crippen LogP contribution in [-0.2, 0) is 18.7 Å². The molecule has 0 amide bonds. The monoisotopic (exact) mass is 256 g/mol. The van der Waals surface area contributed by atoms with Crippen LogP contribution >= 0.6 is 11.8 Å². The second-order valence-corrected chi connectivity index (χ2v) is 4.10. The number of hydrogen-bond donors (Lipinski definition) is 1. The van der Waals surface area contributed by atoms with Crippen LogP contribution in [0.4, 0.5) is 0 Å². The molecule has 0 fully saturated rings. The van der Waals surface area contributed by atoms with Crippen LogP contribution in [0.25, 0.3) is 0 Å². The first-order valence-electron chi connectivity index (χ1n) is 5.14. The first-order valence-corrected chi connectivity index (χ1v) is 6.13. The van der Waals surface area contributed by atoms with Gasteiger partial charge in [0.2, 0.25) is 11.0 Å². The van der Waals surface area contributed by atoms with E-state index in [9.17, 15) is 0 Å². The zero-order chi connectivity index (χ0) is 12.1. The third kappa shape index (κ3) is 3.01. The van der Waals surface area contributed by atoms with Gasteiger partial charge in [0, 0.05) is 6.42 Å². The summed E-state index contributed by atoms with van der Waals surface area (Å²) in [6.45, 7) is 2.33. The van der Waals surface area contributed by atoms with Crippen molar-refractivity contribution < 1.29 is 9.63 Å². The third-order valence-corrected chi connectivity index (χ3v) is 2.91. The minimum absolute atomic E-state index is 0.000787. The van der Waals surface area contributed by atoms with E-state index in [1.807, 2.05) is 6.92 Å². The van der Waals surface area contributed by atoms with E-state index in [1.165, 1.54) is 16.4 Å². The number of rotatable bonds is 6. The van der Waals surface area contributed by atoms with E-state index >= 15 is 0 Å². The molecular weight excluding hydrogens is 244 g/mol. The van der Waals surface area contributed by atoms with Crippen LogP contribution in [0.5, 0.6) is 0 Å². The predicted molar refractivity (Wildman–Crippen MR) is 58.1 cm³/mol. The normalized spacial score (nSPS) is 10.9. The van der Waals surface area contributed by atoms with Crippen LogP contribution in [0.3, 0.4) is 0 Å². The summed E-state index contributed by atoms with van der Waals surface area (Å²) in [5, 5.41) is 24.4. The maximum Gasteiger partial charge on any atom is 0.226 e. The first-order chi connectivity index (χ1) is 8.33. The first kappa shape index (κ1) is 12.0. The van der Waals surface area contributed by atoms with Gasteiger partial charge >= 0.3 is 0 Å². The molecule has 8 nitrogen and oxygen atoms in total. The lowest BCUT2D eigenvalue weighted by molar-refractivity contribution is 0.262. The standard InChI is InChI=1S/C8H12N6O2S/c1-2-7-9-6(11-16-7)5-17-8-10-12-13-14(8)3-4-15/h15H,2-5H2,1H3. The van der Waals surface area contributed by atoms with E-state index in [-0.39, 0.29) is 6.61 Å². The van der Waals surface area contributed by atoms with Crippen molar-refractivity contribution in [2.24, 2.45) is 0 Å². The Hall–Kier alpha value is -1.48. The molecule has 0 aliphatic heterocycles. The topological polar surface area (TPSA) is 103 Å². The Labute approximate surface area is 101 Å². The van der Waals surface area contributed by atoms with Crippen LogP contribution in [0.1, 0.15) is 18.6 Å². The highest BCUT2D eigenvalue weighted by Crippen LogP contribution is 2.18. The number of thioether (sulfide) groups is 1. The smallest absolute Gasteiger partial charge is 0.226 e. The number of aromatic nitrogens is 6. The van der Waals surface area contributed by atoms with Crippen molar-refractivity contribution in [2.45, 2.75) is 30.8 Å². The summed E-state index contributed by atoms with van der Waals surface area (Å²) in [4.78, 5) is 4.18. The number of aryl methyl sites for hydroxylation is 1. The molecule has 0 bridgehead atoms. The predicted octanol–water partition coefficient (Wildman–Crippen LogP) is -0.0969. The van der Waals surface area contributed by atoms with Gasteiger partial charge in [-0.3, -0.25) is 0 Å². The molecule has 0 aliphatic carbocycles. The lowest BCUT2D eigenvalue weighted by atomic mass is 10.5.